The molecule has 0 saturated heterocycles. The van der Waals surface area contributed by atoms with E-state index in [0.29, 0.717) is 17.4 Å². The Balaban J connectivity index is 3.95. The van der Waals surface area contributed by atoms with E-state index in [1.54, 1.807) is 0 Å². The van der Waals surface area contributed by atoms with Crippen molar-refractivity contribution in [2.45, 2.75) is 122 Å². The SMILES string of the molecule is CCCCCCCCCCCCCCCCCCC(COC(=O)NC)OP(=O)(O)OCC[N+](C)(C)C. The van der Waals surface area contributed by atoms with E-state index < -0.39 is 20.0 Å². The zero-order valence-electron chi connectivity index (χ0n) is 24.1. The van der Waals surface area contributed by atoms with Gasteiger partial charge in [-0.25, -0.2) is 9.36 Å². The molecule has 0 aliphatic carbocycles. The molecule has 0 aliphatic heterocycles. The average Bonchev–Trinajstić information content (AvgIpc) is 2.80. The Labute approximate surface area is 222 Å². The fraction of sp³-hybridized carbons (Fsp3) is 0.963. The summed E-state index contributed by atoms with van der Waals surface area (Å²) in [6, 6.07) is 0. The van der Waals surface area contributed by atoms with Gasteiger partial charge < -0.3 is 19.4 Å². The van der Waals surface area contributed by atoms with E-state index >= 15 is 0 Å². The zero-order chi connectivity index (χ0) is 27.1. The maximum absolute atomic E-state index is 12.3. The first kappa shape index (κ1) is 35.3. The number of likely N-dealkylation sites (N-methyl/N-ethyl adjacent to an activating group) is 1. The molecule has 0 aromatic heterocycles. The van der Waals surface area contributed by atoms with Crippen molar-refractivity contribution in [3.63, 3.8) is 0 Å². The van der Waals surface area contributed by atoms with Gasteiger partial charge in [-0.1, -0.05) is 110 Å². The maximum Gasteiger partial charge on any atom is 0.472 e. The number of ether oxygens (including phenoxy) is 1. The lowest BCUT2D eigenvalue weighted by molar-refractivity contribution is -0.870. The van der Waals surface area contributed by atoms with Crippen LogP contribution in [-0.4, -0.2) is 69.5 Å². The van der Waals surface area contributed by atoms with Crippen LogP contribution >= 0.6 is 7.82 Å². The molecule has 0 heterocycles. The van der Waals surface area contributed by atoms with Crippen molar-refractivity contribution in [1.29, 1.82) is 0 Å². The monoisotopic (exact) mass is 537 g/mol. The smallest absolute Gasteiger partial charge is 0.447 e. The summed E-state index contributed by atoms with van der Waals surface area (Å²) < 4.78 is 28.5. The number of quaternary nitrogens is 1. The Morgan fingerprint density at radius 2 is 1.28 bits per heavy atom. The standard InChI is InChI=1S/C27H57N2O6P/c1-6-7-8-9-10-11-12-13-14-15-16-17-18-19-20-21-22-26(25-33-27(30)28-2)35-36(31,32)34-24-23-29(3,4)5/h26H,6-25H2,1-5H3,(H-,28,30,31,32)/p+1. The van der Waals surface area contributed by atoms with Crippen LogP contribution in [0.5, 0.6) is 0 Å². The van der Waals surface area contributed by atoms with Crippen LogP contribution in [0.25, 0.3) is 0 Å². The van der Waals surface area contributed by atoms with E-state index in [-0.39, 0.29) is 13.2 Å². The molecular weight excluding hydrogens is 479 g/mol. The molecule has 2 atom stereocenters. The van der Waals surface area contributed by atoms with E-state index in [4.69, 9.17) is 13.8 Å². The molecule has 9 heteroatoms. The summed E-state index contributed by atoms with van der Waals surface area (Å²) in [5, 5.41) is 2.38. The van der Waals surface area contributed by atoms with Crippen molar-refractivity contribution >= 4 is 13.9 Å². The number of phosphoric acid groups is 1. The molecular formula is C27H58N2O6P+. The molecule has 0 bridgehead atoms. The van der Waals surface area contributed by atoms with Gasteiger partial charge in [-0.15, -0.1) is 0 Å². The van der Waals surface area contributed by atoms with Gasteiger partial charge in [0.2, 0.25) is 0 Å². The second-order valence-corrected chi connectivity index (χ2v) is 12.4. The molecule has 0 aromatic rings. The third kappa shape index (κ3) is 25.0. The Morgan fingerprint density at radius 3 is 1.69 bits per heavy atom. The average molecular weight is 538 g/mol. The highest BCUT2D eigenvalue weighted by Gasteiger charge is 2.28. The fourth-order valence-electron chi connectivity index (χ4n) is 3.98. The molecule has 2 unspecified atom stereocenters. The van der Waals surface area contributed by atoms with Crippen LogP contribution in [0.3, 0.4) is 0 Å². The molecule has 216 valence electrons. The minimum absolute atomic E-state index is 0.0817. The largest absolute Gasteiger partial charge is 0.472 e. The van der Waals surface area contributed by atoms with E-state index in [2.05, 4.69) is 12.2 Å². The number of amides is 1. The summed E-state index contributed by atoms with van der Waals surface area (Å²) in [4.78, 5) is 21.5. The number of carbonyl (C=O) groups excluding carboxylic acids is 1. The van der Waals surface area contributed by atoms with Crippen LogP contribution in [0.4, 0.5) is 4.79 Å². The van der Waals surface area contributed by atoms with Crippen molar-refractivity contribution in [2.75, 3.05) is 47.9 Å². The first-order chi connectivity index (χ1) is 17.1. The van der Waals surface area contributed by atoms with Gasteiger partial charge in [0.25, 0.3) is 0 Å². The van der Waals surface area contributed by atoms with E-state index in [0.717, 1.165) is 19.3 Å². The number of hydrogen-bond donors (Lipinski definition) is 2. The van der Waals surface area contributed by atoms with Crippen LogP contribution in [0, 0.1) is 0 Å². The van der Waals surface area contributed by atoms with Crippen LogP contribution in [0.1, 0.15) is 116 Å². The number of hydrogen-bond acceptors (Lipinski definition) is 5. The summed E-state index contributed by atoms with van der Waals surface area (Å²) in [6.07, 6.45) is 19.9. The van der Waals surface area contributed by atoms with Crippen LogP contribution in [0.2, 0.25) is 0 Å². The first-order valence-electron chi connectivity index (χ1n) is 14.4. The zero-order valence-corrected chi connectivity index (χ0v) is 25.0. The lowest BCUT2D eigenvalue weighted by Crippen LogP contribution is -2.37. The highest BCUT2D eigenvalue weighted by molar-refractivity contribution is 7.47. The number of phosphoric ester groups is 1. The van der Waals surface area contributed by atoms with E-state index in [1.807, 2.05) is 21.1 Å². The molecule has 0 saturated carbocycles. The van der Waals surface area contributed by atoms with Gasteiger partial charge in [0, 0.05) is 7.05 Å². The van der Waals surface area contributed by atoms with Gasteiger partial charge in [0.1, 0.15) is 25.9 Å². The lowest BCUT2D eigenvalue weighted by Gasteiger charge is -2.25. The Morgan fingerprint density at radius 1 is 0.833 bits per heavy atom. The second kappa shape index (κ2) is 22.3. The second-order valence-electron chi connectivity index (χ2n) is 11.0. The third-order valence-electron chi connectivity index (χ3n) is 6.28. The van der Waals surface area contributed by atoms with Crippen LogP contribution in [0.15, 0.2) is 0 Å². The van der Waals surface area contributed by atoms with E-state index in [1.165, 1.54) is 90.5 Å². The molecule has 1 amide bonds. The fourth-order valence-corrected chi connectivity index (χ4v) is 4.89. The summed E-state index contributed by atoms with van der Waals surface area (Å²) in [5.74, 6) is 0. The summed E-state index contributed by atoms with van der Waals surface area (Å²) in [6.45, 7) is 2.87. The molecule has 0 aromatic carbocycles. The number of unbranched alkanes of at least 4 members (excludes halogenated alkanes) is 15. The molecule has 0 fully saturated rings. The van der Waals surface area contributed by atoms with E-state index in [9.17, 15) is 14.3 Å². The lowest BCUT2D eigenvalue weighted by atomic mass is 10.0. The number of alkyl carbamates (subject to hydrolysis) is 1. The number of rotatable bonds is 25. The molecule has 0 rings (SSSR count). The summed E-state index contributed by atoms with van der Waals surface area (Å²) >= 11 is 0. The van der Waals surface area contributed by atoms with Crippen LogP contribution < -0.4 is 5.32 Å². The number of nitrogens with zero attached hydrogens (tertiary/aromatic N) is 1. The highest BCUT2D eigenvalue weighted by Crippen LogP contribution is 2.45. The first-order valence-corrected chi connectivity index (χ1v) is 15.9. The van der Waals surface area contributed by atoms with Crippen molar-refractivity contribution in [3.05, 3.63) is 0 Å². The molecule has 2 N–H and O–H groups in total. The minimum Gasteiger partial charge on any atom is -0.447 e. The Bertz CT molecular complexity index is 571. The molecule has 0 aliphatic rings. The van der Waals surface area contributed by atoms with Crippen molar-refractivity contribution < 1.29 is 32.5 Å². The van der Waals surface area contributed by atoms with Crippen molar-refractivity contribution in [3.8, 4) is 0 Å². The topological polar surface area (TPSA) is 94.1 Å². The highest BCUT2D eigenvalue weighted by atomic mass is 31.2. The quantitative estimate of drug-likeness (QED) is 0.0726. The normalized spacial score (nSPS) is 14.4. The predicted octanol–water partition coefficient (Wildman–Crippen LogP) is 7.20. The van der Waals surface area contributed by atoms with Gasteiger partial charge in [-0.05, 0) is 6.42 Å². The Kier molecular flexibility index (Phi) is 21.9. The molecule has 0 spiro atoms. The van der Waals surface area contributed by atoms with Gasteiger partial charge in [-0.2, -0.15) is 0 Å². The summed E-state index contributed by atoms with van der Waals surface area (Å²) in [5.41, 5.74) is 0. The van der Waals surface area contributed by atoms with Crippen molar-refractivity contribution in [1.82, 2.24) is 5.32 Å². The van der Waals surface area contributed by atoms with Gasteiger partial charge >= 0.3 is 13.9 Å². The van der Waals surface area contributed by atoms with Gasteiger partial charge in [0.05, 0.1) is 21.1 Å². The Hall–Kier alpha value is -0.660. The molecule has 36 heavy (non-hydrogen) atoms. The minimum atomic E-state index is -4.22. The number of nitrogens with one attached hydrogen (secondary N) is 1. The van der Waals surface area contributed by atoms with Gasteiger partial charge in [0.15, 0.2) is 0 Å². The third-order valence-corrected chi connectivity index (χ3v) is 7.36. The number of carbonyl (C=O) groups is 1. The predicted molar refractivity (Wildman–Crippen MR) is 148 cm³/mol. The maximum atomic E-state index is 12.3. The molecule has 8 nitrogen and oxygen atoms in total. The van der Waals surface area contributed by atoms with Crippen LogP contribution in [-0.2, 0) is 18.3 Å². The van der Waals surface area contributed by atoms with Gasteiger partial charge in [-0.3, -0.25) is 9.05 Å². The van der Waals surface area contributed by atoms with Crippen molar-refractivity contribution in [2.24, 2.45) is 0 Å². The summed E-state index contributed by atoms with van der Waals surface area (Å²) in [7, 11) is 3.18. The molecule has 0 radical (unpaired) electrons.